The van der Waals surface area contributed by atoms with Crippen LogP contribution in [0, 0.1) is 0 Å². The maximum Gasteiger partial charge on any atom is 0.244 e. The second kappa shape index (κ2) is 7.85. The minimum atomic E-state index is 0.119. The van der Waals surface area contributed by atoms with Crippen molar-refractivity contribution in [2.45, 2.75) is 58.0 Å². The Morgan fingerprint density at radius 2 is 2.08 bits per heavy atom. The van der Waals surface area contributed by atoms with Crippen molar-refractivity contribution in [3.8, 4) is 0 Å². The largest absolute Gasteiger partial charge is 0.384 e. The van der Waals surface area contributed by atoms with Gasteiger partial charge in [0.1, 0.15) is 0 Å². The maximum absolute atomic E-state index is 5.51. The van der Waals surface area contributed by atoms with Crippen molar-refractivity contribution in [2.24, 2.45) is 0 Å². The fourth-order valence-corrected chi connectivity index (χ4v) is 2.90. The summed E-state index contributed by atoms with van der Waals surface area (Å²) in [6, 6.07) is 0.119. The average Bonchev–Trinajstić information content (AvgIpc) is 3.23. The molecule has 1 aliphatic rings. The molecule has 0 spiro atoms. The summed E-state index contributed by atoms with van der Waals surface area (Å²) in [5.74, 6) is 3.02. The van der Waals surface area contributed by atoms with Crippen LogP contribution in [0.25, 0.3) is 0 Å². The fourth-order valence-electron chi connectivity index (χ4n) is 2.90. The van der Waals surface area contributed by atoms with Crippen LogP contribution in [0.15, 0.2) is 9.05 Å². The molecule has 0 aliphatic carbocycles. The van der Waals surface area contributed by atoms with Gasteiger partial charge in [0.25, 0.3) is 0 Å². The predicted molar refractivity (Wildman–Crippen MR) is 85.3 cm³/mol. The molecule has 0 N–H and O–H groups in total. The molecule has 1 fully saturated rings. The van der Waals surface area contributed by atoms with Crippen molar-refractivity contribution in [3.63, 3.8) is 0 Å². The van der Waals surface area contributed by atoms with Crippen molar-refractivity contribution in [3.05, 3.63) is 23.4 Å². The Balaban J connectivity index is 1.68. The van der Waals surface area contributed by atoms with E-state index in [0.29, 0.717) is 37.2 Å². The quantitative estimate of drug-likeness (QED) is 0.762. The monoisotopic (exact) mass is 335 g/mol. The lowest BCUT2D eigenvalue weighted by atomic mass is 10.0. The predicted octanol–water partition coefficient (Wildman–Crippen LogP) is 2.49. The summed E-state index contributed by atoms with van der Waals surface area (Å²) in [5.41, 5.74) is 0. The Morgan fingerprint density at radius 1 is 1.21 bits per heavy atom. The van der Waals surface area contributed by atoms with E-state index in [1.165, 1.54) is 0 Å². The summed E-state index contributed by atoms with van der Waals surface area (Å²) in [6.45, 7) is 6.27. The number of likely N-dealkylation sites (tertiary alicyclic amines) is 1. The lowest BCUT2D eigenvalue weighted by Gasteiger charge is -2.31. The number of rotatable bonds is 7. The second-order valence-corrected chi connectivity index (χ2v) is 6.47. The van der Waals surface area contributed by atoms with Gasteiger partial charge in [-0.15, -0.1) is 0 Å². The lowest BCUT2D eigenvalue weighted by molar-refractivity contribution is 0.0985. The molecule has 3 rings (SSSR count). The molecule has 0 aromatic carbocycles. The molecule has 2 aromatic rings. The summed E-state index contributed by atoms with van der Waals surface area (Å²) in [5, 5.41) is 8.09. The molecular weight excluding hydrogens is 310 g/mol. The van der Waals surface area contributed by atoms with Crippen LogP contribution in [-0.2, 0) is 17.7 Å². The summed E-state index contributed by atoms with van der Waals surface area (Å²) in [7, 11) is 1.66. The molecule has 8 heteroatoms. The van der Waals surface area contributed by atoms with E-state index in [9.17, 15) is 0 Å². The van der Waals surface area contributed by atoms with Crippen molar-refractivity contribution in [2.75, 3.05) is 20.3 Å². The van der Waals surface area contributed by atoms with Crippen molar-refractivity contribution in [1.82, 2.24) is 25.2 Å². The zero-order valence-electron chi connectivity index (χ0n) is 14.6. The number of hydrogen-bond donors (Lipinski definition) is 0. The lowest BCUT2D eigenvalue weighted by Crippen LogP contribution is -2.33. The normalized spacial score (nSPS) is 19.2. The molecule has 24 heavy (non-hydrogen) atoms. The van der Waals surface area contributed by atoms with Gasteiger partial charge in [-0.3, -0.25) is 4.90 Å². The minimum Gasteiger partial charge on any atom is -0.384 e. The zero-order chi connectivity index (χ0) is 16.9. The fraction of sp³-hybridized carbons (Fsp3) is 0.750. The van der Waals surface area contributed by atoms with Gasteiger partial charge in [0.15, 0.2) is 11.6 Å². The third-order valence-corrected chi connectivity index (χ3v) is 4.25. The van der Waals surface area contributed by atoms with Crippen LogP contribution >= 0.6 is 0 Å². The highest BCUT2D eigenvalue weighted by Crippen LogP contribution is 2.31. The van der Waals surface area contributed by atoms with Crippen LogP contribution in [-0.4, -0.2) is 45.4 Å². The van der Waals surface area contributed by atoms with Gasteiger partial charge >= 0.3 is 0 Å². The molecule has 2 aromatic heterocycles. The van der Waals surface area contributed by atoms with Gasteiger partial charge in [-0.25, -0.2) is 0 Å². The van der Waals surface area contributed by atoms with Gasteiger partial charge in [-0.05, 0) is 19.4 Å². The Morgan fingerprint density at radius 3 is 2.83 bits per heavy atom. The first kappa shape index (κ1) is 17.0. The summed E-state index contributed by atoms with van der Waals surface area (Å²) >= 11 is 0. The summed E-state index contributed by atoms with van der Waals surface area (Å²) in [4.78, 5) is 11.3. The molecule has 8 nitrogen and oxygen atoms in total. The van der Waals surface area contributed by atoms with E-state index in [1.54, 1.807) is 7.11 Å². The van der Waals surface area contributed by atoms with Crippen molar-refractivity contribution >= 4 is 0 Å². The smallest absolute Gasteiger partial charge is 0.244 e. The van der Waals surface area contributed by atoms with E-state index >= 15 is 0 Å². The minimum absolute atomic E-state index is 0.119. The van der Waals surface area contributed by atoms with Crippen LogP contribution in [0.1, 0.15) is 68.5 Å². The van der Waals surface area contributed by atoms with Crippen LogP contribution in [0.5, 0.6) is 0 Å². The van der Waals surface area contributed by atoms with E-state index < -0.39 is 0 Å². The summed E-state index contributed by atoms with van der Waals surface area (Å²) < 4.78 is 15.9. The molecule has 1 unspecified atom stereocenters. The third-order valence-electron chi connectivity index (χ3n) is 4.25. The number of piperidine rings is 1. The van der Waals surface area contributed by atoms with E-state index in [4.69, 9.17) is 13.8 Å². The van der Waals surface area contributed by atoms with Crippen LogP contribution < -0.4 is 0 Å². The molecule has 0 amide bonds. The summed E-state index contributed by atoms with van der Waals surface area (Å²) in [6.07, 6.45) is 3.96. The van der Waals surface area contributed by atoms with Gasteiger partial charge < -0.3 is 13.8 Å². The topological polar surface area (TPSA) is 90.3 Å². The molecule has 132 valence electrons. The molecule has 0 saturated carbocycles. The average molecular weight is 335 g/mol. The standard InChI is InChI=1S/C16H25N5O3/c1-11(2)15-18-16(24-20-15)12-6-4-5-8-21(12)10-14-17-13(19-23-14)7-9-22-3/h11-12H,4-10H2,1-3H3. The molecule has 0 bridgehead atoms. The van der Waals surface area contributed by atoms with Crippen LogP contribution in [0.3, 0.4) is 0 Å². The van der Waals surface area contributed by atoms with E-state index in [0.717, 1.165) is 31.6 Å². The van der Waals surface area contributed by atoms with Gasteiger partial charge in [0.2, 0.25) is 11.8 Å². The highest BCUT2D eigenvalue weighted by atomic mass is 16.5. The Hall–Kier alpha value is -1.80. The number of aromatic nitrogens is 4. The van der Waals surface area contributed by atoms with Gasteiger partial charge in [0, 0.05) is 19.4 Å². The molecule has 0 radical (unpaired) electrons. The zero-order valence-corrected chi connectivity index (χ0v) is 14.6. The van der Waals surface area contributed by atoms with E-state index in [1.807, 2.05) is 0 Å². The van der Waals surface area contributed by atoms with Crippen molar-refractivity contribution < 1.29 is 13.8 Å². The molecule has 3 heterocycles. The number of hydrogen-bond acceptors (Lipinski definition) is 8. The third kappa shape index (κ3) is 3.99. The first-order valence-electron chi connectivity index (χ1n) is 8.55. The van der Waals surface area contributed by atoms with Crippen LogP contribution in [0.2, 0.25) is 0 Å². The maximum atomic E-state index is 5.51. The van der Waals surface area contributed by atoms with E-state index in [2.05, 4.69) is 39.0 Å². The Bertz CT molecular complexity index is 639. The number of methoxy groups -OCH3 is 1. The Kier molecular flexibility index (Phi) is 5.57. The molecule has 1 atom stereocenters. The first-order chi connectivity index (χ1) is 11.7. The SMILES string of the molecule is COCCc1noc(CN2CCCCC2c2nc(C(C)C)no2)n1. The Labute approximate surface area is 141 Å². The molecular formula is C16H25N5O3. The highest BCUT2D eigenvalue weighted by molar-refractivity contribution is 4.99. The number of ether oxygens (including phenoxy) is 1. The van der Waals surface area contributed by atoms with Gasteiger partial charge in [0.05, 0.1) is 19.2 Å². The van der Waals surface area contributed by atoms with Gasteiger partial charge in [-0.2, -0.15) is 9.97 Å². The molecule has 1 saturated heterocycles. The number of nitrogens with zero attached hydrogens (tertiary/aromatic N) is 5. The van der Waals surface area contributed by atoms with E-state index in [-0.39, 0.29) is 12.0 Å². The first-order valence-corrected chi connectivity index (χ1v) is 8.55. The highest BCUT2D eigenvalue weighted by Gasteiger charge is 2.30. The van der Waals surface area contributed by atoms with Gasteiger partial charge in [-0.1, -0.05) is 30.6 Å². The van der Waals surface area contributed by atoms with Crippen molar-refractivity contribution in [1.29, 1.82) is 0 Å². The van der Waals surface area contributed by atoms with Crippen LogP contribution in [0.4, 0.5) is 0 Å². The molecule has 1 aliphatic heterocycles. The second-order valence-electron chi connectivity index (χ2n) is 6.47.